The molecule has 0 spiro atoms. The third-order valence-electron chi connectivity index (χ3n) is 2.34. The van der Waals surface area contributed by atoms with Crippen molar-refractivity contribution in [2.75, 3.05) is 26.2 Å². The van der Waals surface area contributed by atoms with Gasteiger partial charge in [0.05, 0.1) is 6.54 Å². The Morgan fingerprint density at radius 1 is 1.60 bits per heavy atom. The molecular weight excluding hydrogens is 214 g/mol. The zero-order chi connectivity index (χ0) is 10.7. The number of nitrogens with one attached hydrogen (secondary N) is 1. The number of hydrogen-bond donors (Lipinski definition) is 2. The first-order valence-electron chi connectivity index (χ1n) is 4.86. The SMILES string of the molecule is O=C(O)c1csc(CN2CCNCC2)n1. The van der Waals surface area contributed by atoms with Crippen LogP contribution in [0, 0.1) is 0 Å². The highest BCUT2D eigenvalue weighted by atomic mass is 32.1. The molecule has 0 atom stereocenters. The average Bonchev–Trinajstić information content (AvgIpc) is 2.68. The third kappa shape index (κ3) is 2.74. The van der Waals surface area contributed by atoms with Crippen molar-refractivity contribution in [2.45, 2.75) is 6.54 Å². The molecule has 1 aliphatic heterocycles. The lowest BCUT2D eigenvalue weighted by molar-refractivity contribution is 0.0691. The van der Waals surface area contributed by atoms with Gasteiger partial charge in [-0.1, -0.05) is 0 Å². The van der Waals surface area contributed by atoms with Gasteiger partial charge in [0, 0.05) is 31.6 Å². The Balaban J connectivity index is 1.94. The van der Waals surface area contributed by atoms with Crippen molar-refractivity contribution in [1.82, 2.24) is 15.2 Å². The second-order valence-electron chi connectivity index (χ2n) is 3.46. The van der Waals surface area contributed by atoms with Crippen LogP contribution in [0.5, 0.6) is 0 Å². The first-order chi connectivity index (χ1) is 7.25. The Morgan fingerprint density at radius 2 is 2.33 bits per heavy atom. The van der Waals surface area contributed by atoms with E-state index in [4.69, 9.17) is 5.11 Å². The summed E-state index contributed by atoms with van der Waals surface area (Å²) in [5.41, 5.74) is 0.158. The number of hydrogen-bond acceptors (Lipinski definition) is 5. The van der Waals surface area contributed by atoms with Gasteiger partial charge in [0.1, 0.15) is 5.01 Å². The van der Waals surface area contributed by atoms with Crippen LogP contribution < -0.4 is 5.32 Å². The predicted molar refractivity (Wildman–Crippen MR) is 57.2 cm³/mol. The number of thiazole rings is 1. The summed E-state index contributed by atoms with van der Waals surface area (Å²) >= 11 is 1.42. The lowest BCUT2D eigenvalue weighted by Crippen LogP contribution is -2.42. The molecular formula is C9H13N3O2S. The molecule has 82 valence electrons. The number of aromatic nitrogens is 1. The van der Waals surface area contributed by atoms with Crippen LogP contribution in [0.1, 0.15) is 15.5 Å². The summed E-state index contributed by atoms with van der Waals surface area (Å²) in [6.45, 7) is 4.76. The van der Waals surface area contributed by atoms with E-state index in [1.165, 1.54) is 11.3 Å². The Hall–Kier alpha value is -0.980. The zero-order valence-electron chi connectivity index (χ0n) is 8.27. The summed E-state index contributed by atoms with van der Waals surface area (Å²) in [7, 11) is 0. The predicted octanol–water partition coefficient (Wildman–Crippen LogP) is 0.246. The fourth-order valence-electron chi connectivity index (χ4n) is 1.54. The smallest absolute Gasteiger partial charge is 0.355 e. The van der Waals surface area contributed by atoms with Crippen LogP contribution in [-0.2, 0) is 6.54 Å². The number of carboxylic acid groups (broad SMARTS) is 1. The summed E-state index contributed by atoms with van der Waals surface area (Å²) < 4.78 is 0. The third-order valence-corrected chi connectivity index (χ3v) is 3.17. The molecule has 1 saturated heterocycles. The van der Waals surface area contributed by atoms with Crippen molar-refractivity contribution >= 4 is 17.3 Å². The quantitative estimate of drug-likeness (QED) is 0.774. The highest BCUT2D eigenvalue weighted by Crippen LogP contribution is 2.12. The van der Waals surface area contributed by atoms with E-state index < -0.39 is 5.97 Å². The lowest BCUT2D eigenvalue weighted by atomic mass is 10.3. The average molecular weight is 227 g/mol. The van der Waals surface area contributed by atoms with Crippen LogP contribution in [0.15, 0.2) is 5.38 Å². The van der Waals surface area contributed by atoms with Gasteiger partial charge in [-0.05, 0) is 0 Å². The molecule has 0 aromatic carbocycles. The second kappa shape index (κ2) is 4.69. The zero-order valence-corrected chi connectivity index (χ0v) is 9.09. The van der Waals surface area contributed by atoms with E-state index in [2.05, 4.69) is 15.2 Å². The van der Waals surface area contributed by atoms with E-state index in [1.54, 1.807) is 5.38 Å². The highest BCUT2D eigenvalue weighted by molar-refractivity contribution is 7.09. The van der Waals surface area contributed by atoms with Crippen molar-refractivity contribution in [2.24, 2.45) is 0 Å². The summed E-state index contributed by atoms with van der Waals surface area (Å²) in [5.74, 6) is -0.946. The van der Waals surface area contributed by atoms with E-state index in [0.29, 0.717) is 0 Å². The topological polar surface area (TPSA) is 65.5 Å². The van der Waals surface area contributed by atoms with Gasteiger partial charge >= 0.3 is 5.97 Å². The maximum atomic E-state index is 10.6. The fraction of sp³-hybridized carbons (Fsp3) is 0.556. The van der Waals surface area contributed by atoms with E-state index in [1.807, 2.05) is 0 Å². The van der Waals surface area contributed by atoms with Crippen molar-refractivity contribution in [1.29, 1.82) is 0 Å². The van der Waals surface area contributed by atoms with E-state index in [9.17, 15) is 4.79 Å². The molecule has 15 heavy (non-hydrogen) atoms. The van der Waals surface area contributed by atoms with Gasteiger partial charge in [-0.2, -0.15) is 0 Å². The van der Waals surface area contributed by atoms with Crippen molar-refractivity contribution in [3.8, 4) is 0 Å². The molecule has 0 aliphatic carbocycles. The van der Waals surface area contributed by atoms with Crippen molar-refractivity contribution < 1.29 is 9.90 Å². The minimum Gasteiger partial charge on any atom is -0.476 e. The largest absolute Gasteiger partial charge is 0.476 e. The summed E-state index contributed by atoms with van der Waals surface area (Å²) in [6.07, 6.45) is 0. The number of aromatic carboxylic acids is 1. The van der Waals surface area contributed by atoms with E-state index in [0.717, 1.165) is 37.7 Å². The molecule has 1 aromatic rings. The van der Waals surface area contributed by atoms with Crippen LogP contribution in [0.25, 0.3) is 0 Å². The minimum absolute atomic E-state index is 0.158. The van der Waals surface area contributed by atoms with Gasteiger partial charge in [0.15, 0.2) is 5.69 Å². The summed E-state index contributed by atoms with van der Waals surface area (Å²) in [5, 5.41) is 14.5. The van der Waals surface area contributed by atoms with Crippen LogP contribution in [0.2, 0.25) is 0 Å². The molecule has 2 N–H and O–H groups in total. The summed E-state index contributed by atoms with van der Waals surface area (Å²) in [4.78, 5) is 17.0. The van der Waals surface area contributed by atoms with Gasteiger partial charge < -0.3 is 10.4 Å². The molecule has 5 nitrogen and oxygen atoms in total. The molecule has 1 aliphatic rings. The van der Waals surface area contributed by atoms with Gasteiger partial charge in [-0.3, -0.25) is 4.90 Å². The molecule has 0 saturated carbocycles. The number of carboxylic acids is 1. The molecule has 0 radical (unpaired) electrons. The maximum Gasteiger partial charge on any atom is 0.355 e. The van der Waals surface area contributed by atoms with Crippen LogP contribution in [-0.4, -0.2) is 47.1 Å². The molecule has 0 amide bonds. The lowest BCUT2D eigenvalue weighted by Gasteiger charge is -2.25. The molecule has 2 rings (SSSR count). The molecule has 1 fully saturated rings. The number of carbonyl (C=O) groups is 1. The Labute approximate surface area is 91.7 Å². The first-order valence-corrected chi connectivity index (χ1v) is 5.74. The molecule has 1 aromatic heterocycles. The Bertz CT molecular complexity index is 347. The Kier molecular flexibility index (Phi) is 3.30. The summed E-state index contributed by atoms with van der Waals surface area (Å²) in [6, 6.07) is 0. The normalized spacial score (nSPS) is 17.9. The van der Waals surface area contributed by atoms with E-state index in [-0.39, 0.29) is 5.69 Å². The minimum atomic E-state index is -0.946. The first kappa shape index (κ1) is 10.5. The van der Waals surface area contributed by atoms with Crippen LogP contribution >= 0.6 is 11.3 Å². The number of nitrogens with zero attached hydrogens (tertiary/aromatic N) is 2. The molecule has 6 heteroatoms. The second-order valence-corrected chi connectivity index (χ2v) is 4.40. The van der Waals surface area contributed by atoms with Gasteiger partial charge in [-0.15, -0.1) is 11.3 Å². The van der Waals surface area contributed by atoms with Crippen LogP contribution in [0.3, 0.4) is 0 Å². The molecule has 0 unspecified atom stereocenters. The standard InChI is InChI=1S/C9H13N3O2S/c13-9(14)7-6-15-8(11-7)5-12-3-1-10-2-4-12/h6,10H,1-5H2,(H,13,14). The van der Waals surface area contributed by atoms with Gasteiger partial charge in [0.25, 0.3) is 0 Å². The van der Waals surface area contributed by atoms with Gasteiger partial charge in [-0.25, -0.2) is 9.78 Å². The molecule has 0 bridgehead atoms. The van der Waals surface area contributed by atoms with E-state index >= 15 is 0 Å². The van der Waals surface area contributed by atoms with Gasteiger partial charge in [0.2, 0.25) is 0 Å². The Morgan fingerprint density at radius 3 is 2.93 bits per heavy atom. The fourth-order valence-corrected chi connectivity index (χ4v) is 2.35. The maximum absolute atomic E-state index is 10.6. The molecule has 2 heterocycles. The monoisotopic (exact) mass is 227 g/mol. The van der Waals surface area contributed by atoms with Crippen molar-refractivity contribution in [3.05, 3.63) is 16.1 Å². The number of rotatable bonds is 3. The highest BCUT2D eigenvalue weighted by Gasteiger charge is 2.13. The van der Waals surface area contributed by atoms with Crippen LogP contribution in [0.4, 0.5) is 0 Å². The van der Waals surface area contributed by atoms with Crippen molar-refractivity contribution in [3.63, 3.8) is 0 Å². The number of piperazine rings is 1.